The quantitative estimate of drug-likeness (QED) is 0.904. The van der Waals surface area contributed by atoms with Crippen LogP contribution in [0, 0.1) is 6.92 Å². The van der Waals surface area contributed by atoms with Gasteiger partial charge in [-0.15, -0.1) is 12.4 Å². The number of hydrogen-bond donors (Lipinski definition) is 1. The van der Waals surface area contributed by atoms with E-state index < -0.39 is 0 Å². The highest BCUT2D eigenvalue weighted by Gasteiger charge is 2.27. The van der Waals surface area contributed by atoms with Crippen LogP contribution in [0.25, 0.3) is 0 Å². The molecule has 1 aromatic heterocycles. The first-order valence-corrected chi connectivity index (χ1v) is 6.40. The standard InChI is InChI=1S/C12H20N4O2.ClH/c1-8(13)7-11(17)16-5-3-10(4-6-16)12-14-9(2)15-18-12;/h8,10H,3-7,13H2,1-2H3;1H. The topological polar surface area (TPSA) is 85.2 Å². The molecule has 1 saturated heterocycles. The summed E-state index contributed by atoms with van der Waals surface area (Å²) in [7, 11) is 0. The summed E-state index contributed by atoms with van der Waals surface area (Å²) in [4.78, 5) is 18.0. The van der Waals surface area contributed by atoms with Gasteiger partial charge < -0.3 is 15.2 Å². The first-order valence-electron chi connectivity index (χ1n) is 6.40. The second kappa shape index (κ2) is 6.86. The number of carbonyl (C=O) groups is 1. The summed E-state index contributed by atoms with van der Waals surface area (Å²) in [6.07, 6.45) is 2.18. The number of piperidine rings is 1. The zero-order valence-corrected chi connectivity index (χ0v) is 12.2. The molecule has 19 heavy (non-hydrogen) atoms. The summed E-state index contributed by atoms with van der Waals surface area (Å²) >= 11 is 0. The van der Waals surface area contributed by atoms with E-state index in [2.05, 4.69) is 10.1 Å². The van der Waals surface area contributed by atoms with E-state index >= 15 is 0 Å². The van der Waals surface area contributed by atoms with Crippen molar-refractivity contribution in [1.29, 1.82) is 0 Å². The molecule has 1 fully saturated rings. The Labute approximate surface area is 119 Å². The Kier molecular flexibility index (Phi) is 5.75. The summed E-state index contributed by atoms with van der Waals surface area (Å²) in [6, 6.07) is -0.0752. The molecule has 1 aromatic rings. The fourth-order valence-electron chi connectivity index (χ4n) is 2.26. The number of hydrogen-bond acceptors (Lipinski definition) is 5. The van der Waals surface area contributed by atoms with Crippen molar-refractivity contribution in [3.05, 3.63) is 11.7 Å². The number of nitrogens with two attached hydrogens (primary N) is 1. The Hall–Kier alpha value is -1.14. The SMILES string of the molecule is Cc1noc(C2CCN(C(=O)CC(C)N)CC2)n1.Cl. The first kappa shape index (κ1) is 15.9. The van der Waals surface area contributed by atoms with E-state index in [-0.39, 0.29) is 30.3 Å². The Morgan fingerprint density at radius 1 is 1.53 bits per heavy atom. The van der Waals surface area contributed by atoms with Gasteiger partial charge in [-0.1, -0.05) is 5.16 Å². The lowest BCUT2D eigenvalue weighted by atomic mass is 9.96. The fraction of sp³-hybridized carbons (Fsp3) is 0.750. The molecule has 0 radical (unpaired) electrons. The third-order valence-corrected chi connectivity index (χ3v) is 3.24. The van der Waals surface area contributed by atoms with Crippen molar-refractivity contribution in [3.8, 4) is 0 Å². The van der Waals surface area contributed by atoms with E-state index in [0.29, 0.717) is 18.1 Å². The largest absolute Gasteiger partial charge is 0.343 e. The van der Waals surface area contributed by atoms with Crippen LogP contribution in [-0.2, 0) is 4.79 Å². The Morgan fingerprint density at radius 2 is 2.16 bits per heavy atom. The molecule has 2 heterocycles. The number of amides is 1. The van der Waals surface area contributed by atoms with Gasteiger partial charge in [-0.05, 0) is 26.7 Å². The van der Waals surface area contributed by atoms with E-state index in [1.807, 2.05) is 18.7 Å². The highest BCUT2D eigenvalue weighted by atomic mass is 35.5. The van der Waals surface area contributed by atoms with Crippen LogP contribution in [0.3, 0.4) is 0 Å². The van der Waals surface area contributed by atoms with Gasteiger partial charge in [-0.3, -0.25) is 4.79 Å². The zero-order chi connectivity index (χ0) is 13.1. The molecule has 1 aliphatic heterocycles. The van der Waals surface area contributed by atoms with E-state index in [1.165, 1.54) is 0 Å². The van der Waals surface area contributed by atoms with Crippen molar-refractivity contribution in [2.45, 2.75) is 45.1 Å². The molecule has 1 unspecified atom stereocenters. The van der Waals surface area contributed by atoms with Crippen LogP contribution >= 0.6 is 12.4 Å². The second-order valence-corrected chi connectivity index (χ2v) is 5.02. The van der Waals surface area contributed by atoms with Gasteiger partial charge in [0.1, 0.15) is 0 Å². The van der Waals surface area contributed by atoms with Crippen molar-refractivity contribution in [2.75, 3.05) is 13.1 Å². The molecule has 2 rings (SSSR count). The highest BCUT2D eigenvalue weighted by Crippen LogP contribution is 2.26. The van der Waals surface area contributed by atoms with Gasteiger partial charge in [-0.2, -0.15) is 4.98 Å². The monoisotopic (exact) mass is 288 g/mol. The number of aryl methyl sites for hydroxylation is 1. The van der Waals surface area contributed by atoms with Crippen LogP contribution in [0.5, 0.6) is 0 Å². The molecule has 6 nitrogen and oxygen atoms in total. The molecular weight excluding hydrogens is 268 g/mol. The van der Waals surface area contributed by atoms with Crippen molar-refractivity contribution in [1.82, 2.24) is 15.0 Å². The number of likely N-dealkylation sites (tertiary alicyclic amines) is 1. The minimum Gasteiger partial charge on any atom is -0.343 e. The Balaban J connectivity index is 0.00000180. The van der Waals surface area contributed by atoms with Crippen LogP contribution in [0.15, 0.2) is 4.52 Å². The van der Waals surface area contributed by atoms with E-state index in [9.17, 15) is 4.79 Å². The lowest BCUT2D eigenvalue weighted by molar-refractivity contribution is -0.132. The molecule has 1 amide bonds. The minimum atomic E-state index is -0.0752. The highest BCUT2D eigenvalue weighted by molar-refractivity contribution is 5.85. The van der Waals surface area contributed by atoms with Crippen LogP contribution in [0.1, 0.15) is 43.8 Å². The molecule has 7 heteroatoms. The normalized spacial score (nSPS) is 17.9. The summed E-state index contributed by atoms with van der Waals surface area (Å²) in [5.74, 6) is 1.79. The van der Waals surface area contributed by atoms with Crippen molar-refractivity contribution >= 4 is 18.3 Å². The van der Waals surface area contributed by atoms with E-state index in [1.54, 1.807) is 0 Å². The summed E-state index contributed by atoms with van der Waals surface area (Å²) < 4.78 is 5.18. The molecule has 0 aromatic carbocycles. The average molecular weight is 289 g/mol. The summed E-state index contributed by atoms with van der Waals surface area (Å²) in [6.45, 7) is 5.16. The van der Waals surface area contributed by atoms with Gasteiger partial charge in [0.25, 0.3) is 0 Å². The predicted molar refractivity (Wildman–Crippen MR) is 73.1 cm³/mol. The maximum atomic E-state index is 11.9. The van der Waals surface area contributed by atoms with Crippen LogP contribution < -0.4 is 5.73 Å². The van der Waals surface area contributed by atoms with Gasteiger partial charge in [0.05, 0.1) is 0 Å². The zero-order valence-electron chi connectivity index (χ0n) is 11.3. The average Bonchev–Trinajstić information content (AvgIpc) is 2.75. The van der Waals surface area contributed by atoms with Crippen molar-refractivity contribution in [2.24, 2.45) is 5.73 Å². The third-order valence-electron chi connectivity index (χ3n) is 3.24. The Bertz CT molecular complexity index is 414. The number of aromatic nitrogens is 2. The molecule has 0 spiro atoms. The van der Waals surface area contributed by atoms with E-state index in [0.717, 1.165) is 25.9 Å². The number of rotatable bonds is 3. The summed E-state index contributed by atoms with van der Waals surface area (Å²) in [5.41, 5.74) is 5.64. The molecule has 108 valence electrons. The molecule has 0 aliphatic carbocycles. The number of carbonyl (C=O) groups excluding carboxylic acids is 1. The fourth-order valence-corrected chi connectivity index (χ4v) is 2.26. The molecule has 0 saturated carbocycles. The smallest absolute Gasteiger partial charge is 0.229 e. The van der Waals surface area contributed by atoms with Crippen LogP contribution in [-0.4, -0.2) is 40.1 Å². The number of halogens is 1. The minimum absolute atomic E-state index is 0. The molecule has 0 bridgehead atoms. The molecular formula is C12H21ClN4O2. The van der Waals surface area contributed by atoms with Gasteiger partial charge in [-0.25, -0.2) is 0 Å². The lowest BCUT2D eigenvalue weighted by Gasteiger charge is -2.30. The van der Waals surface area contributed by atoms with E-state index in [4.69, 9.17) is 10.3 Å². The van der Waals surface area contributed by atoms with Gasteiger partial charge in [0.15, 0.2) is 5.82 Å². The predicted octanol–water partition coefficient (Wildman–Crippen LogP) is 1.24. The van der Waals surface area contributed by atoms with Gasteiger partial charge in [0.2, 0.25) is 11.8 Å². The second-order valence-electron chi connectivity index (χ2n) is 5.02. The summed E-state index contributed by atoms with van der Waals surface area (Å²) in [5, 5.41) is 3.80. The Morgan fingerprint density at radius 3 is 2.63 bits per heavy atom. The molecule has 1 atom stereocenters. The van der Waals surface area contributed by atoms with Crippen molar-refractivity contribution in [3.63, 3.8) is 0 Å². The van der Waals surface area contributed by atoms with Gasteiger partial charge in [0, 0.05) is 31.5 Å². The first-order chi connectivity index (χ1) is 8.56. The van der Waals surface area contributed by atoms with Gasteiger partial charge >= 0.3 is 0 Å². The maximum Gasteiger partial charge on any atom is 0.229 e. The number of nitrogens with zero attached hydrogens (tertiary/aromatic N) is 3. The van der Waals surface area contributed by atoms with Crippen molar-refractivity contribution < 1.29 is 9.32 Å². The van der Waals surface area contributed by atoms with Crippen LogP contribution in [0.2, 0.25) is 0 Å². The lowest BCUT2D eigenvalue weighted by Crippen LogP contribution is -2.40. The third kappa shape index (κ3) is 4.18. The maximum absolute atomic E-state index is 11.9. The molecule has 1 aliphatic rings. The van der Waals surface area contributed by atoms with Crippen LogP contribution in [0.4, 0.5) is 0 Å². The molecule has 2 N–H and O–H groups in total.